The van der Waals surface area contributed by atoms with E-state index in [0.717, 1.165) is 15.9 Å². The molecule has 3 aromatic heterocycles. The second-order valence-electron chi connectivity index (χ2n) is 6.22. The molecular formula is C17H11N5O4S. The molecule has 9 nitrogen and oxygen atoms in total. The van der Waals surface area contributed by atoms with E-state index < -0.39 is 16.8 Å². The smallest absolute Gasteiger partial charge is 0.321 e. The number of nitrogens with one attached hydrogen (secondary N) is 1. The van der Waals surface area contributed by atoms with Gasteiger partial charge in [0.15, 0.2) is 16.1 Å². The molecule has 1 aromatic carbocycles. The van der Waals surface area contributed by atoms with Crippen molar-refractivity contribution in [3.8, 4) is 0 Å². The second-order valence-corrected chi connectivity index (χ2v) is 7.20. The molecule has 0 saturated carbocycles. The molecule has 4 aromatic rings. The molecule has 27 heavy (non-hydrogen) atoms. The summed E-state index contributed by atoms with van der Waals surface area (Å²) < 4.78 is 3.54. The summed E-state index contributed by atoms with van der Waals surface area (Å²) in [5.74, 6) is -0.373. The van der Waals surface area contributed by atoms with Gasteiger partial charge in [0.2, 0.25) is 0 Å². The highest BCUT2D eigenvalue weighted by Gasteiger charge is 2.28. The first kappa shape index (κ1) is 15.7. The molecule has 1 aliphatic rings. The number of anilines is 1. The maximum Gasteiger partial charge on any atom is 0.332 e. The fourth-order valence-corrected chi connectivity index (χ4v) is 4.43. The highest BCUT2D eigenvalue weighted by molar-refractivity contribution is 7.15. The monoisotopic (exact) mass is 381 g/mol. The number of carbonyl (C=O) groups is 1. The van der Waals surface area contributed by atoms with Gasteiger partial charge in [-0.15, -0.1) is 0 Å². The minimum Gasteiger partial charge on any atom is -0.321 e. The number of rotatable bonds is 0. The number of thiazole rings is 1. The van der Waals surface area contributed by atoms with Crippen LogP contribution in [-0.4, -0.2) is 24.4 Å². The average Bonchev–Trinajstić information content (AvgIpc) is 3.28. The van der Waals surface area contributed by atoms with E-state index in [1.54, 1.807) is 24.3 Å². The number of fused-ring (bicyclic) bond motifs is 4. The number of benzene rings is 1. The molecular weight excluding hydrogens is 370 g/mol. The Morgan fingerprint density at radius 3 is 2.52 bits per heavy atom. The van der Waals surface area contributed by atoms with E-state index in [0.29, 0.717) is 11.3 Å². The molecule has 1 N–H and O–H groups in total. The van der Waals surface area contributed by atoms with Crippen LogP contribution in [0, 0.1) is 0 Å². The Morgan fingerprint density at radius 2 is 1.74 bits per heavy atom. The first-order valence-electron chi connectivity index (χ1n) is 7.96. The number of nitrogens with zero attached hydrogens (tertiary/aromatic N) is 4. The Morgan fingerprint density at radius 1 is 1.00 bits per heavy atom. The Labute approximate surface area is 153 Å². The van der Waals surface area contributed by atoms with Gasteiger partial charge in [-0.25, -0.2) is 9.20 Å². The molecule has 0 fully saturated rings. The van der Waals surface area contributed by atoms with Crippen LogP contribution in [-0.2, 0) is 18.9 Å². The van der Waals surface area contributed by atoms with Crippen LogP contribution in [0.15, 0.2) is 38.6 Å². The van der Waals surface area contributed by atoms with Crippen LogP contribution in [0.3, 0.4) is 0 Å². The second kappa shape index (κ2) is 5.01. The number of carbonyl (C=O) groups excluding carboxylic acids is 1. The van der Waals surface area contributed by atoms with E-state index in [4.69, 9.17) is 0 Å². The molecule has 0 atom stereocenters. The Hall–Kier alpha value is -3.53. The summed E-state index contributed by atoms with van der Waals surface area (Å²) in [6.07, 6.45) is 0. The summed E-state index contributed by atoms with van der Waals surface area (Å²) in [5, 5.41) is 2.73. The highest BCUT2D eigenvalue weighted by atomic mass is 32.1. The van der Waals surface area contributed by atoms with Crippen molar-refractivity contribution < 1.29 is 4.79 Å². The lowest BCUT2D eigenvalue weighted by molar-refractivity contribution is -0.110. The van der Waals surface area contributed by atoms with Crippen molar-refractivity contribution in [1.82, 2.24) is 18.5 Å². The fourth-order valence-electron chi connectivity index (χ4n) is 3.37. The predicted molar refractivity (Wildman–Crippen MR) is 100 cm³/mol. The normalized spacial score (nSPS) is 15.6. The molecule has 0 spiro atoms. The molecule has 0 unspecified atom stereocenters. The van der Waals surface area contributed by atoms with Crippen molar-refractivity contribution in [1.29, 1.82) is 0 Å². The first-order valence-corrected chi connectivity index (χ1v) is 8.78. The zero-order chi connectivity index (χ0) is 19.0. The summed E-state index contributed by atoms with van der Waals surface area (Å²) in [5.41, 5.74) is 0.0530. The fraction of sp³-hybridized carbons (Fsp3) is 0.118. The van der Waals surface area contributed by atoms with Crippen LogP contribution in [0.2, 0.25) is 0 Å². The third kappa shape index (κ3) is 1.84. The lowest BCUT2D eigenvalue weighted by Crippen LogP contribution is -2.38. The zero-order valence-corrected chi connectivity index (χ0v) is 15.0. The van der Waals surface area contributed by atoms with Crippen LogP contribution in [0.1, 0.15) is 5.56 Å². The van der Waals surface area contributed by atoms with Crippen LogP contribution in [0.4, 0.5) is 5.69 Å². The Bertz CT molecular complexity index is 1550. The van der Waals surface area contributed by atoms with Crippen LogP contribution >= 0.6 is 11.3 Å². The van der Waals surface area contributed by atoms with Gasteiger partial charge in [-0.3, -0.25) is 23.5 Å². The standard InChI is InChI=1S/C17H11N5O4S/c1-20-12-10(14(24)21(2)17(20)26)22-15(25)11(27-16(22)19-12)9-7-5-3-4-6-8(7)18-13(9)23/h3-6H,1-2H3,(H,18,23). The Balaban J connectivity index is 2.01. The van der Waals surface area contributed by atoms with Crippen LogP contribution in [0.25, 0.3) is 21.7 Å². The quantitative estimate of drug-likeness (QED) is 0.428. The van der Waals surface area contributed by atoms with Gasteiger partial charge < -0.3 is 5.32 Å². The van der Waals surface area contributed by atoms with Gasteiger partial charge in [0.1, 0.15) is 4.53 Å². The number of aromatic nitrogens is 4. The largest absolute Gasteiger partial charge is 0.332 e. The van der Waals surface area contributed by atoms with Gasteiger partial charge in [-0.05, 0) is 6.07 Å². The van der Waals surface area contributed by atoms with Gasteiger partial charge in [0.05, 0.1) is 5.57 Å². The summed E-state index contributed by atoms with van der Waals surface area (Å²) in [6, 6.07) is 7.08. The lowest BCUT2D eigenvalue weighted by atomic mass is 10.1. The highest BCUT2D eigenvalue weighted by Crippen LogP contribution is 2.29. The topological polar surface area (TPSA) is 107 Å². The van der Waals surface area contributed by atoms with Gasteiger partial charge in [0.25, 0.3) is 17.0 Å². The van der Waals surface area contributed by atoms with Crippen molar-refractivity contribution in [2.45, 2.75) is 0 Å². The summed E-state index contributed by atoms with van der Waals surface area (Å²) in [7, 11) is 2.83. The predicted octanol–water partition coefficient (Wildman–Crippen LogP) is -0.823. The molecule has 10 heteroatoms. The number of hydrogen-bond acceptors (Lipinski definition) is 6. The number of imidazole rings is 1. The summed E-state index contributed by atoms with van der Waals surface area (Å²) in [6.45, 7) is 0. The zero-order valence-electron chi connectivity index (χ0n) is 14.1. The number of para-hydroxylation sites is 1. The van der Waals surface area contributed by atoms with Crippen LogP contribution in [0.5, 0.6) is 0 Å². The van der Waals surface area contributed by atoms with E-state index in [-0.39, 0.29) is 32.1 Å². The number of aryl methyl sites for hydroxylation is 1. The lowest BCUT2D eigenvalue weighted by Gasteiger charge is -2.01. The van der Waals surface area contributed by atoms with E-state index in [9.17, 15) is 19.2 Å². The van der Waals surface area contributed by atoms with Crippen molar-refractivity contribution in [3.63, 3.8) is 0 Å². The third-order valence-electron chi connectivity index (χ3n) is 4.72. The van der Waals surface area contributed by atoms with E-state index in [1.165, 1.54) is 23.1 Å². The molecule has 134 valence electrons. The van der Waals surface area contributed by atoms with Crippen molar-refractivity contribution in [2.75, 3.05) is 5.32 Å². The maximum atomic E-state index is 13.1. The first-order chi connectivity index (χ1) is 12.9. The van der Waals surface area contributed by atoms with Gasteiger partial charge in [-0.2, -0.15) is 4.98 Å². The SMILES string of the molecule is Cn1c(=O)c2c(nc3sc(=C4C(=O)Nc5ccccc54)c(=O)n32)n(C)c1=O. The third-order valence-corrected chi connectivity index (χ3v) is 5.76. The van der Waals surface area contributed by atoms with Crippen molar-refractivity contribution in [3.05, 3.63) is 65.6 Å². The minimum absolute atomic E-state index is 0.0226. The molecule has 0 bridgehead atoms. The van der Waals surface area contributed by atoms with E-state index >= 15 is 0 Å². The van der Waals surface area contributed by atoms with Crippen molar-refractivity contribution in [2.24, 2.45) is 14.1 Å². The molecule has 1 amide bonds. The van der Waals surface area contributed by atoms with Gasteiger partial charge in [-0.1, -0.05) is 29.5 Å². The van der Waals surface area contributed by atoms with E-state index in [1.807, 2.05) is 0 Å². The summed E-state index contributed by atoms with van der Waals surface area (Å²) >= 11 is 1.02. The molecule has 0 radical (unpaired) electrons. The maximum absolute atomic E-state index is 13.1. The van der Waals surface area contributed by atoms with Crippen LogP contribution < -0.4 is 26.7 Å². The average molecular weight is 381 g/mol. The minimum atomic E-state index is -0.608. The van der Waals surface area contributed by atoms with Gasteiger partial charge >= 0.3 is 5.69 Å². The van der Waals surface area contributed by atoms with Crippen molar-refractivity contribution >= 4 is 44.6 Å². The van der Waals surface area contributed by atoms with E-state index in [2.05, 4.69) is 10.3 Å². The molecule has 0 aliphatic carbocycles. The number of amides is 1. The number of hydrogen-bond donors (Lipinski definition) is 1. The Kier molecular flexibility index (Phi) is 2.91. The van der Waals surface area contributed by atoms with Gasteiger partial charge in [0, 0.05) is 25.3 Å². The summed E-state index contributed by atoms with van der Waals surface area (Å²) in [4.78, 5) is 54.8. The molecule has 5 rings (SSSR count). The molecule has 1 aliphatic heterocycles. The molecule has 4 heterocycles. The molecule has 0 saturated heterocycles.